The highest BCUT2D eigenvalue weighted by Crippen LogP contribution is 2.46. The third-order valence-electron chi connectivity index (χ3n) is 17.0. The first-order chi connectivity index (χ1) is 44.3. The summed E-state index contributed by atoms with van der Waals surface area (Å²) >= 11 is 17.2. The number of rotatable bonds is 4. The van der Waals surface area contributed by atoms with Crippen molar-refractivity contribution >= 4 is 161 Å². The van der Waals surface area contributed by atoms with E-state index in [1.54, 1.807) is 0 Å². The van der Waals surface area contributed by atoms with Crippen LogP contribution >= 0.6 is 57.2 Å². The van der Waals surface area contributed by atoms with E-state index < -0.39 is 0 Å². The van der Waals surface area contributed by atoms with Crippen molar-refractivity contribution < 1.29 is 0 Å². The maximum atomic E-state index is 11.4. The summed E-state index contributed by atoms with van der Waals surface area (Å²) in [4.78, 5) is 18.7. The molecule has 1 aliphatic rings. The highest BCUT2D eigenvalue weighted by atomic mass is 35.5. The lowest BCUT2D eigenvalue weighted by atomic mass is 10.0. The number of fused-ring (bicyclic) bond motifs is 18. The zero-order valence-electron chi connectivity index (χ0n) is 47.4. The fourth-order valence-corrected chi connectivity index (χ4v) is 16.8. The third-order valence-corrected chi connectivity index (χ3v) is 21.0. The van der Waals surface area contributed by atoms with Gasteiger partial charge in [0.25, 0.3) is 0 Å². The Hall–Kier alpha value is -10.6. The van der Waals surface area contributed by atoms with Crippen molar-refractivity contribution in [2.75, 3.05) is 0 Å². The minimum absolute atomic E-state index is 0. The van der Waals surface area contributed by atoms with Gasteiger partial charge < -0.3 is 0 Å². The predicted molar refractivity (Wildman–Crippen MR) is 390 cm³/mol. The standard InChI is InChI=1S/C47H25N5S2.C19H12S.C11H5Cl2N3.2CH4/c48-26-36-46(51-37-18-8-4-14-28(37)32-24-43-34(22-39(32)51)30-16-6-10-20-41(30)53-43)49-45(27-12-2-1-3-13-27)50-47(36)52-38-19-9-5-15-29(38)33-25-44-35(23-40(33)52)31-17-7-11-21-42(31)54-44;1-2-6-14-12(5-1)9-13-10-17-15-7-3-4-8-18(15)20-19(17)11-16(13)14;12-9-8(6-14)10(13)16-11(15-9)7-4-2-1-3-5-7;;/h1-25H;1-8,10-11H,9H2;1-5H;2*1H4. The van der Waals surface area contributed by atoms with Gasteiger partial charge in [-0.05, 0) is 95.4 Å². The monoisotopic (exact) mass is 1280 g/mol. The van der Waals surface area contributed by atoms with Gasteiger partial charge in [-0.15, -0.1) is 34.0 Å². The van der Waals surface area contributed by atoms with E-state index >= 15 is 0 Å². The number of aromatic nitrogens is 6. The van der Waals surface area contributed by atoms with Crippen molar-refractivity contribution in [3.63, 3.8) is 0 Å². The number of nitriles is 2. The van der Waals surface area contributed by atoms with E-state index in [1.807, 2.05) is 101 Å². The van der Waals surface area contributed by atoms with Crippen LogP contribution in [0.5, 0.6) is 0 Å². The molecule has 11 aromatic carbocycles. The number of para-hydroxylation sites is 2. The zero-order chi connectivity index (χ0) is 60.1. The molecule has 0 amide bonds. The van der Waals surface area contributed by atoms with E-state index in [0.29, 0.717) is 28.8 Å². The quantitative estimate of drug-likeness (QED) is 0.162. The van der Waals surface area contributed by atoms with Gasteiger partial charge in [0.2, 0.25) is 0 Å². The molecule has 13 heteroatoms. The van der Waals surface area contributed by atoms with Crippen LogP contribution in [0.1, 0.15) is 37.1 Å². The summed E-state index contributed by atoms with van der Waals surface area (Å²) in [5.74, 6) is 2.08. The highest BCUT2D eigenvalue weighted by Gasteiger charge is 2.27. The molecule has 19 rings (SSSR count). The number of hydrogen-bond donors (Lipinski definition) is 0. The van der Waals surface area contributed by atoms with E-state index in [0.717, 1.165) is 61.2 Å². The molecule has 92 heavy (non-hydrogen) atoms. The molecule has 7 heterocycles. The van der Waals surface area contributed by atoms with Gasteiger partial charge in [-0.1, -0.05) is 214 Å². The Labute approximate surface area is 551 Å². The van der Waals surface area contributed by atoms with Crippen LogP contribution in [0.4, 0.5) is 0 Å². The lowest BCUT2D eigenvalue weighted by Crippen LogP contribution is -2.10. The van der Waals surface area contributed by atoms with Crippen molar-refractivity contribution in [1.29, 1.82) is 10.5 Å². The van der Waals surface area contributed by atoms with Gasteiger partial charge >= 0.3 is 0 Å². The number of benzene rings is 11. The SMILES string of the molecule is C.C.N#Cc1c(-n2c3ccccc3c3cc4sc5ccccc5c4cc32)nc(-c2ccccc2)nc1-n1c2ccccc2c2cc3sc4ccccc4c3cc21.N#Cc1c(Cl)nc(-c2ccccc2)nc1Cl.c1ccc2c(c1)Cc1cc3c(cc1-2)sc1ccccc13. The molecule has 438 valence electrons. The second kappa shape index (κ2) is 23.3. The van der Waals surface area contributed by atoms with Gasteiger partial charge in [0.1, 0.15) is 23.3 Å². The van der Waals surface area contributed by atoms with E-state index in [9.17, 15) is 5.26 Å². The van der Waals surface area contributed by atoms with Crippen LogP contribution in [0.25, 0.3) is 150 Å². The predicted octanol–water partition coefficient (Wildman–Crippen LogP) is 23.2. The topological polar surface area (TPSA) is 109 Å². The molecular weight excluding hydrogens is 1230 g/mol. The average Bonchev–Trinajstić information content (AvgIpc) is 1.56. The third kappa shape index (κ3) is 9.44. The first kappa shape index (κ1) is 57.8. The second-order valence-electron chi connectivity index (χ2n) is 22.1. The fourth-order valence-electron chi connectivity index (χ4n) is 13.0. The Morgan fingerprint density at radius 1 is 0.326 bits per heavy atom. The molecule has 7 aromatic heterocycles. The summed E-state index contributed by atoms with van der Waals surface area (Å²) in [6, 6.07) is 89.4. The normalized spacial score (nSPS) is 11.6. The van der Waals surface area contributed by atoms with Crippen molar-refractivity contribution in [1.82, 2.24) is 29.1 Å². The Bertz CT molecular complexity index is 5850. The summed E-state index contributed by atoms with van der Waals surface area (Å²) in [5, 5.41) is 32.4. The maximum absolute atomic E-state index is 11.4. The molecule has 0 radical (unpaired) electrons. The van der Waals surface area contributed by atoms with Gasteiger partial charge in [-0.2, -0.15) is 10.5 Å². The Morgan fingerprint density at radius 2 is 0.717 bits per heavy atom. The first-order valence-electron chi connectivity index (χ1n) is 29.1. The number of thiophene rings is 3. The molecular formula is C79H50Cl2N8S3. The zero-order valence-corrected chi connectivity index (χ0v) is 51.3. The molecule has 0 fully saturated rings. The molecule has 0 saturated heterocycles. The Balaban J connectivity index is 0.000000150. The van der Waals surface area contributed by atoms with Crippen LogP contribution in [0.3, 0.4) is 0 Å². The molecule has 8 nitrogen and oxygen atoms in total. The van der Waals surface area contributed by atoms with Gasteiger partial charge in [0.05, 0.1) is 22.1 Å². The fraction of sp³-hybridized carbons (Fsp3) is 0.0380. The highest BCUT2D eigenvalue weighted by molar-refractivity contribution is 7.26. The number of halogens is 2. The molecule has 0 N–H and O–H groups in total. The summed E-state index contributed by atoms with van der Waals surface area (Å²) in [6.45, 7) is 0. The molecule has 0 spiro atoms. The smallest absolute Gasteiger partial charge is 0.164 e. The largest absolute Gasteiger partial charge is 0.292 e. The van der Waals surface area contributed by atoms with E-state index in [2.05, 4.69) is 207 Å². The Morgan fingerprint density at radius 3 is 1.20 bits per heavy atom. The Kier molecular flexibility index (Phi) is 14.7. The maximum Gasteiger partial charge on any atom is 0.164 e. The number of nitrogens with zero attached hydrogens (tertiary/aromatic N) is 8. The average molecular weight is 1280 g/mol. The van der Waals surface area contributed by atoms with Crippen LogP contribution < -0.4 is 0 Å². The van der Waals surface area contributed by atoms with E-state index in [4.69, 9.17) is 38.4 Å². The van der Waals surface area contributed by atoms with Crippen LogP contribution in [-0.2, 0) is 6.42 Å². The van der Waals surface area contributed by atoms with Crippen molar-refractivity contribution in [2.45, 2.75) is 21.3 Å². The first-order valence-corrected chi connectivity index (χ1v) is 32.3. The van der Waals surface area contributed by atoms with Gasteiger partial charge in [0, 0.05) is 93.2 Å². The minimum atomic E-state index is 0. The van der Waals surface area contributed by atoms with Gasteiger partial charge in [0.15, 0.2) is 33.6 Å². The summed E-state index contributed by atoms with van der Waals surface area (Å²) < 4.78 is 12.1. The molecule has 0 atom stereocenters. The van der Waals surface area contributed by atoms with Crippen LogP contribution in [-0.4, -0.2) is 29.1 Å². The molecule has 0 bridgehead atoms. The lowest BCUT2D eigenvalue weighted by Gasteiger charge is -2.16. The molecule has 1 aliphatic carbocycles. The van der Waals surface area contributed by atoms with E-state index in [1.165, 1.54) is 82.8 Å². The van der Waals surface area contributed by atoms with Gasteiger partial charge in [-0.3, -0.25) is 9.13 Å². The van der Waals surface area contributed by atoms with Crippen molar-refractivity contribution in [3.8, 4) is 57.7 Å². The van der Waals surface area contributed by atoms with Crippen molar-refractivity contribution in [3.05, 3.63) is 275 Å². The minimum Gasteiger partial charge on any atom is -0.292 e. The van der Waals surface area contributed by atoms with E-state index in [-0.39, 0.29) is 30.7 Å². The summed E-state index contributed by atoms with van der Waals surface area (Å²) in [6.07, 6.45) is 1.08. The summed E-state index contributed by atoms with van der Waals surface area (Å²) in [7, 11) is 0. The molecule has 0 aliphatic heterocycles. The van der Waals surface area contributed by atoms with Crippen LogP contribution in [0.2, 0.25) is 10.3 Å². The van der Waals surface area contributed by atoms with Crippen LogP contribution in [0, 0.1) is 22.7 Å². The summed E-state index contributed by atoms with van der Waals surface area (Å²) in [5.41, 5.74) is 12.0. The molecule has 18 aromatic rings. The second-order valence-corrected chi connectivity index (χ2v) is 26.1. The van der Waals surface area contributed by atoms with Crippen molar-refractivity contribution in [2.24, 2.45) is 0 Å². The van der Waals surface area contributed by atoms with Crippen LogP contribution in [0.15, 0.2) is 243 Å². The lowest BCUT2D eigenvalue weighted by molar-refractivity contribution is 0.982. The molecule has 0 saturated carbocycles. The number of hydrogen-bond acceptors (Lipinski definition) is 9. The molecule has 0 unspecified atom stereocenters. The van der Waals surface area contributed by atoms with Gasteiger partial charge in [-0.25, -0.2) is 19.9 Å².